The van der Waals surface area contributed by atoms with Crippen LogP contribution in [0.25, 0.3) is 11.1 Å². The Kier molecular flexibility index (Phi) is 6.28. The van der Waals surface area contributed by atoms with E-state index in [1.807, 2.05) is 12.1 Å². The minimum Gasteiger partial charge on any atom is -0.351 e. The topological polar surface area (TPSA) is 32.3 Å². The molecule has 0 aliphatic carbocycles. The van der Waals surface area contributed by atoms with Crippen molar-refractivity contribution >= 4 is 17.5 Å². The highest BCUT2D eigenvalue weighted by atomic mass is 35.5. The number of piperidine rings is 1. The molecular weight excluding hydrogens is 351 g/mol. The third-order valence-corrected chi connectivity index (χ3v) is 5.13. The standard InChI is InChI=1S/C21H24ClFN2O/c1-15-4-3-10-25(14-15)11-9-24-21(26)17-6-2-5-16(12-17)19-8-7-18(23)13-20(19)22/h2,5-8,12-13,15H,3-4,9-11,14H2,1H3,(H,24,26)/t15-/m1/s1. The van der Waals surface area contributed by atoms with Gasteiger partial charge in [0, 0.05) is 30.8 Å². The Morgan fingerprint density at radius 3 is 2.92 bits per heavy atom. The Hall–Kier alpha value is -1.91. The highest BCUT2D eigenvalue weighted by Crippen LogP contribution is 2.29. The lowest BCUT2D eigenvalue weighted by atomic mass is 10.0. The van der Waals surface area contributed by atoms with Crippen molar-refractivity contribution in [2.45, 2.75) is 19.8 Å². The Labute approximate surface area is 159 Å². The number of amides is 1. The van der Waals surface area contributed by atoms with Gasteiger partial charge in [0.05, 0.1) is 5.02 Å². The van der Waals surface area contributed by atoms with E-state index in [0.717, 1.165) is 31.1 Å². The highest BCUT2D eigenvalue weighted by Gasteiger charge is 2.16. The molecule has 2 aromatic carbocycles. The number of nitrogens with one attached hydrogen (secondary N) is 1. The lowest BCUT2D eigenvalue weighted by molar-refractivity contribution is 0.0944. The lowest BCUT2D eigenvalue weighted by Gasteiger charge is -2.30. The molecule has 0 bridgehead atoms. The van der Waals surface area contributed by atoms with Crippen molar-refractivity contribution in [1.82, 2.24) is 10.2 Å². The molecule has 0 spiro atoms. The van der Waals surface area contributed by atoms with E-state index in [1.165, 1.54) is 25.0 Å². The van der Waals surface area contributed by atoms with E-state index >= 15 is 0 Å². The van der Waals surface area contributed by atoms with Crippen LogP contribution in [0.4, 0.5) is 4.39 Å². The third kappa shape index (κ3) is 4.83. The van der Waals surface area contributed by atoms with Gasteiger partial charge in [-0.2, -0.15) is 0 Å². The summed E-state index contributed by atoms with van der Waals surface area (Å²) >= 11 is 6.13. The van der Waals surface area contributed by atoms with Crippen LogP contribution < -0.4 is 5.32 Å². The molecule has 1 heterocycles. The van der Waals surface area contributed by atoms with Gasteiger partial charge in [-0.1, -0.05) is 30.7 Å². The molecule has 0 radical (unpaired) electrons. The second kappa shape index (κ2) is 8.65. The zero-order chi connectivity index (χ0) is 18.5. The van der Waals surface area contributed by atoms with E-state index in [0.29, 0.717) is 22.7 Å². The Balaban J connectivity index is 1.61. The fourth-order valence-corrected chi connectivity index (χ4v) is 3.75. The van der Waals surface area contributed by atoms with Crippen molar-refractivity contribution in [2.24, 2.45) is 5.92 Å². The summed E-state index contributed by atoms with van der Waals surface area (Å²) in [5.74, 6) is 0.256. The van der Waals surface area contributed by atoms with E-state index in [4.69, 9.17) is 11.6 Å². The summed E-state index contributed by atoms with van der Waals surface area (Å²) < 4.78 is 13.2. The van der Waals surface area contributed by atoms with Crippen molar-refractivity contribution in [3.63, 3.8) is 0 Å². The minimum atomic E-state index is -0.375. The molecule has 0 unspecified atom stereocenters. The predicted octanol–water partition coefficient (Wildman–Crippen LogP) is 4.61. The molecule has 26 heavy (non-hydrogen) atoms. The van der Waals surface area contributed by atoms with Crippen LogP contribution in [0.15, 0.2) is 42.5 Å². The zero-order valence-corrected chi connectivity index (χ0v) is 15.7. The van der Waals surface area contributed by atoms with E-state index in [-0.39, 0.29) is 11.7 Å². The Morgan fingerprint density at radius 2 is 2.15 bits per heavy atom. The Bertz CT molecular complexity index is 780. The van der Waals surface area contributed by atoms with Crippen LogP contribution in [0.3, 0.4) is 0 Å². The maximum absolute atomic E-state index is 13.2. The fraction of sp³-hybridized carbons (Fsp3) is 0.381. The minimum absolute atomic E-state index is 0.102. The Morgan fingerprint density at radius 1 is 1.31 bits per heavy atom. The van der Waals surface area contributed by atoms with Crippen LogP contribution in [0, 0.1) is 11.7 Å². The summed E-state index contributed by atoms with van der Waals surface area (Å²) in [4.78, 5) is 14.9. The number of carbonyl (C=O) groups is 1. The van der Waals surface area contributed by atoms with Gasteiger partial charge < -0.3 is 10.2 Å². The number of rotatable bonds is 5. The summed E-state index contributed by atoms with van der Waals surface area (Å²) in [6.45, 7) is 6.00. The monoisotopic (exact) mass is 374 g/mol. The fourth-order valence-electron chi connectivity index (χ4n) is 3.47. The molecule has 138 valence electrons. The number of nitrogens with zero attached hydrogens (tertiary/aromatic N) is 1. The first-order chi connectivity index (χ1) is 12.5. The van der Waals surface area contributed by atoms with Gasteiger partial charge in [0.1, 0.15) is 5.82 Å². The van der Waals surface area contributed by atoms with E-state index in [9.17, 15) is 9.18 Å². The van der Waals surface area contributed by atoms with Crippen molar-refractivity contribution in [1.29, 1.82) is 0 Å². The maximum atomic E-state index is 13.2. The van der Waals surface area contributed by atoms with Crippen LogP contribution in [-0.2, 0) is 0 Å². The van der Waals surface area contributed by atoms with Gasteiger partial charge >= 0.3 is 0 Å². The van der Waals surface area contributed by atoms with Crippen LogP contribution >= 0.6 is 11.6 Å². The van der Waals surface area contributed by atoms with Gasteiger partial charge in [0.2, 0.25) is 0 Å². The maximum Gasteiger partial charge on any atom is 0.251 e. The van der Waals surface area contributed by atoms with Crippen molar-refractivity contribution in [2.75, 3.05) is 26.2 Å². The smallest absolute Gasteiger partial charge is 0.251 e. The number of hydrogen-bond donors (Lipinski definition) is 1. The average molecular weight is 375 g/mol. The second-order valence-corrected chi connectivity index (χ2v) is 7.42. The number of hydrogen-bond acceptors (Lipinski definition) is 2. The van der Waals surface area contributed by atoms with Gasteiger partial charge in [-0.05, 0) is 61.2 Å². The molecule has 2 aromatic rings. The van der Waals surface area contributed by atoms with E-state index in [1.54, 1.807) is 18.2 Å². The number of benzene rings is 2. The van der Waals surface area contributed by atoms with Gasteiger partial charge in [-0.3, -0.25) is 4.79 Å². The van der Waals surface area contributed by atoms with Crippen molar-refractivity contribution < 1.29 is 9.18 Å². The summed E-state index contributed by atoms with van der Waals surface area (Å²) in [5, 5.41) is 3.32. The first-order valence-electron chi connectivity index (χ1n) is 9.09. The average Bonchev–Trinajstić information content (AvgIpc) is 2.62. The largest absolute Gasteiger partial charge is 0.351 e. The molecule has 1 atom stereocenters. The van der Waals surface area contributed by atoms with Gasteiger partial charge in [0.15, 0.2) is 0 Å². The molecule has 5 heteroatoms. The molecular formula is C21H24ClFN2O. The van der Waals surface area contributed by atoms with Crippen LogP contribution in [0.1, 0.15) is 30.1 Å². The van der Waals surface area contributed by atoms with Crippen LogP contribution in [0.5, 0.6) is 0 Å². The van der Waals surface area contributed by atoms with Gasteiger partial charge in [0.25, 0.3) is 5.91 Å². The molecule has 1 N–H and O–H groups in total. The molecule has 1 fully saturated rings. The molecule has 1 aliphatic heterocycles. The number of carbonyl (C=O) groups excluding carboxylic acids is 1. The summed E-state index contributed by atoms with van der Waals surface area (Å²) in [7, 11) is 0. The molecule has 0 aromatic heterocycles. The predicted molar refractivity (Wildman–Crippen MR) is 104 cm³/mol. The SMILES string of the molecule is C[C@@H]1CCCN(CCNC(=O)c2cccc(-c3ccc(F)cc3Cl)c2)C1. The van der Waals surface area contributed by atoms with Gasteiger partial charge in [-0.25, -0.2) is 4.39 Å². The van der Waals surface area contributed by atoms with Crippen LogP contribution in [0.2, 0.25) is 5.02 Å². The summed E-state index contributed by atoms with van der Waals surface area (Å²) in [5.41, 5.74) is 2.09. The zero-order valence-electron chi connectivity index (χ0n) is 15.0. The lowest BCUT2D eigenvalue weighted by Crippen LogP contribution is -2.40. The molecule has 1 aliphatic rings. The summed E-state index contributed by atoms with van der Waals surface area (Å²) in [6.07, 6.45) is 2.52. The van der Waals surface area contributed by atoms with Crippen molar-refractivity contribution in [3.05, 3.63) is 58.9 Å². The van der Waals surface area contributed by atoms with Crippen LogP contribution in [-0.4, -0.2) is 37.0 Å². The normalized spacial score (nSPS) is 17.9. The van der Waals surface area contributed by atoms with Gasteiger partial charge in [-0.15, -0.1) is 0 Å². The number of halogens is 2. The van der Waals surface area contributed by atoms with E-state index < -0.39 is 0 Å². The third-order valence-electron chi connectivity index (χ3n) is 4.82. The first-order valence-corrected chi connectivity index (χ1v) is 9.47. The summed E-state index contributed by atoms with van der Waals surface area (Å²) in [6, 6.07) is 11.5. The van der Waals surface area contributed by atoms with E-state index in [2.05, 4.69) is 17.1 Å². The number of likely N-dealkylation sites (tertiary alicyclic amines) is 1. The molecule has 1 amide bonds. The second-order valence-electron chi connectivity index (χ2n) is 7.01. The molecule has 1 saturated heterocycles. The molecule has 3 rings (SSSR count). The molecule has 3 nitrogen and oxygen atoms in total. The quantitative estimate of drug-likeness (QED) is 0.829. The molecule has 0 saturated carbocycles. The highest BCUT2D eigenvalue weighted by molar-refractivity contribution is 6.33. The van der Waals surface area contributed by atoms with Crippen molar-refractivity contribution in [3.8, 4) is 11.1 Å². The first kappa shape index (κ1) is 18.9.